The van der Waals surface area contributed by atoms with Crippen molar-refractivity contribution in [2.75, 3.05) is 26.0 Å². The molecule has 0 radical (unpaired) electrons. The zero-order valence-corrected chi connectivity index (χ0v) is 12.2. The van der Waals surface area contributed by atoms with Crippen LogP contribution < -0.4 is 10.5 Å². The third-order valence-corrected chi connectivity index (χ3v) is 4.53. The van der Waals surface area contributed by atoms with Crippen LogP contribution in [-0.2, 0) is 14.8 Å². The molecule has 0 bridgehead atoms. The lowest BCUT2D eigenvalue weighted by Crippen LogP contribution is -2.34. The van der Waals surface area contributed by atoms with Crippen LogP contribution in [0.5, 0.6) is 0 Å². The van der Waals surface area contributed by atoms with Gasteiger partial charge in [-0.1, -0.05) is 0 Å². The van der Waals surface area contributed by atoms with Crippen LogP contribution in [-0.4, -0.2) is 39.9 Å². The molecule has 18 heavy (non-hydrogen) atoms. The third kappa shape index (κ3) is 4.21. The summed E-state index contributed by atoms with van der Waals surface area (Å²) in [5.74, 6) is 0. The lowest BCUT2D eigenvalue weighted by Gasteiger charge is -2.12. The summed E-state index contributed by atoms with van der Waals surface area (Å²) in [6.45, 7) is -0.0714. The summed E-state index contributed by atoms with van der Waals surface area (Å²) >= 11 is 3.14. The van der Waals surface area contributed by atoms with E-state index in [4.69, 9.17) is 10.5 Å². The average molecular weight is 339 g/mol. The quantitative estimate of drug-likeness (QED) is 0.648. The van der Waals surface area contributed by atoms with Crippen molar-refractivity contribution in [1.82, 2.24) is 4.72 Å². The van der Waals surface area contributed by atoms with Crippen LogP contribution in [0.25, 0.3) is 0 Å². The topological polar surface area (TPSA) is 102 Å². The molecule has 0 aliphatic heterocycles. The first kappa shape index (κ1) is 15.4. The number of nitrogens with two attached hydrogens (primary N) is 1. The number of ether oxygens (including phenoxy) is 1. The Bertz CT molecular complexity index is 507. The van der Waals surface area contributed by atoms with Crippen LogP contribution in [0.15, 0.2) is 27.6 Å². The van der Waals surface area contributed by atoms with E-state index in [0.29, 0.717) is 10.2 Å². The molecule has 1 rings (SSSR count). The van der Waals surface area contributed by atoms with Gasteiger partial charge in [-0.25, -0.2) is 13.1 Å². The standard InChI is InChI=1S/C10H15BrN2O4S/c1-17-6-8(14)5-13-18(15,16)10-4-7(12)2-3-9(10)11/h2-4,8,13-14H,5-6,12H2,1H3. The molecule has 0 saturated carbocycles. The number of rotatable bonds is 6. The second-order valence-electron chi connectivity index (χ2n) is 3.65. The second-order valence-corrected chi connectivity index (χ2v) is 6.24. The largest absolute Gasteiger partial charge is 0.399 e. The highest BCUT2D eigenvalue weighted by Gasteiger charge is 2.19. The Labute approximate surface area is 114 Å². The second kappa shape index (κ2) is 6.48. The van der Waals surface area contributed by atoms with E-state index in [9.17, 15) is 13.5 Å². The summed E-state index contributed by atoms with van der Waals surface area (Å²) < 4.78 is 31.3. The summed E-state index contributed by atoms with van der Waals surface area (Å²) in [5.41, 5.74) is 5.89. The van der Waals surface area contributed by atoms with Gasteiger partial charge in [0.15, 0.2) is 0 Å². The number of aliphatic hydroxyl groups excluding tert-OH is 1. The highest BCUT2D eigenvalue weighted by atomic mass is 79.9. The molecule has 0 saturated heterocycles. The minimum atomic E-state index is -3.72. The first-order chi connectivity index (χ1) is 8.36. The monoisotopic (exact) mass is 338 g/mol. The molecule has 0 aromatic heterocycles. The molecule has 4 N–H and O–H groups in total. The molecule has 6 nitrogen and oxygen atoms in total. The van der Waals surface area contributed by atoms with Crippen LogP contribution in [0.1, 0.15) is 0 Å². The van der Waals surface area contributed by atoms with Crippen LogP contribution in [0, 0.1) is 0 Å². The van der Waals surface area contributed by atoms with Gasteiger partial charge >= 0.3 is 0 Å². The fraction of sp³-hybridized carbons (Fsp3) is 0.400. The molecule has 1 aromatic rings. The van der Waals surface area contributed by atoms with Crippen molar-refractivity contribution in [2.24, 2.45) is 0 Å². The number of hydrogen-bond donors (Lipinski definition) is 3. The molecule has 102 valence electrons. The lowest BCUT2D eigenvalue weighted by atomic mass is 10.3. The average Bonchev–Trinajstić information content (AvgIpc) is 2.30. The molecular formula is C10H15BrN2O4S. The summed E-state index contributed by atoms with van der Waals surface area (Å²) in [4.78, 5) is 0.0344. The van der Waals surface area contributed by atoms with E-state index in [1.54, 1.807) is 12.1 Å². The SMILES string of the molecule is COCC(O)CNS(=O)(=O)c1cc(N)ccc1Br. The van der Waals surface area contributed by atoms with E-state index in [-0.39, 0.29) is 18.0 Å². The van der Waals surface area contributed by atoms with Gasteiger partial charge in [0.05, 0.1) is 17.6 Å². The molecule has 1 unspecified atom stereocenters. The highest BCUT2D eigenvalue weighted by molar-refractivity contribution is 9.10. The number of benzene rings is 1. The van der Waals surface area contributed by atoms with Gasteiger partial charge in [0.25, 0.3) is 0 Å². The zero-order valence-electron chi connectivity index (χ0n) is 9.76. The molecule has 0 amide bonds. The smallest absolute Gasteiger partial charge is 0.241 e. The van der Waals surface area contributed by atoms with Crippen molar-refractivity contribution in [3.05, 3.63) is 22.7 Å². The molecule has 0 aliphatic rings. The number of halogens is 1. The zero-order chi connectivity index (χ0) is 13.8. The van der Waals surface area contributed by atoms with Crippen molar-refractivity contribution in [3.8, 4) is 0 Å². The van der Waals surface area contributed by atoms with Gasteiger partial charge in [0.2, 0.25) is 10.0 Å². The fourth-order valence-electron chi connectivity index (χ4n) is 1.26. The number of aliphatic hydroxyl groups is 1. The Kier molecular flexibility index (Phi) is 5.54. The Morgan fingerprint density at radius 1 is 1.56 bits per heavy atom. The molecule has 1 aromatic carbocycles. The van der Waals surface area contributed by atoms with Gasteiger partial charge in [0.1, 0.15) is 0 Å². The van der Waals surface area contributed by atoms with Crippen LogP contribution in [0.2, 0.25) is 0 Å². The number of methoxy groups -OCH3 is 1. The van der Waals surface area contributed by atoms with Crippen LogP contribution >= 0.6 is 15.9 Å². The van der Waals surface area contributed by atoms with Gasteiger partial charge in [-0.3, -0.25) is 0 Å². The predicted molar refractivity (Wildman–Crippen MR) is 71.6 cm³/mol. The number of anilines is 1. The maximum atomic E-state index is 12.0. The molecule has 8 heteroatoms. The van der Waals surface area contributed by atoms with Crippen molar-refractivity contribution in [3.63, 3.8) is 0 Å². The molecule has 0 heterocycles. The molecule has 0 fully saturated rings. The molecular weight excluding hydrogens is 324 g/mol. The van der Waals surface area contributed by atoms with Gasteiger partial charge in [0, 0.05) is 23.8 Å². The first-order valence-electron chi connectivity index (χ1n) is 5.08. The van der Waals surface area contributed by atoms with Gasteiger partial charge in [-0.15, -0.1) is 0 Å². The van der Waals surface area contributed by atoms with E-state index < -0.39 is 16.1 Å². The van der Waals surface area contributed by atoms with Crippen LogP contribution in [0.4, 0.5) is 5.69 Å². The lowest BCUT2D eigenvalue weighted by molar-refractivity contribution is 0.0679. The normalized spacial score (nSPS) is 13.5. The maximum Gasteiger partial charge on any atom is 0.241 e. The van der Waals surface area contributed by atoms with Crippen LogP contribution in [0.3, 0.4) is 0 Å². The van der Waals surface area contributed by atoms with Gasteiger partial charge in [-0.05, 0) is 34.1 Å². The molecule has 0 aliphatic carbocycles. The van der Waals surface area contributed by atoms with Gasteiger partial charge < -0.3 is 15.6 Å². The Balaban J connectivity index is 2.83. The number of hydrogen-bond acceptors (Lipinski definition) is 5. The molecule has 0 spiro atoms. The summed E-state index contributed by atoms with van der Waals surface area (Å²) in [6.07, 6.45) is -0.899. The minimum absolute atomic E-state index is 0.0344. The van der Waals surface area contributed by atoms with Crippen molar-refractivity contribution in [2.45, 2.75) is 11.0 Å². The molecule has 1 atom stereocenters. The maximum absolute atomic E-state index is 12.0. The van der Waals surface area contributed by atoms with E-state index in [0.717, 1.165) is 0 Å². The first-order valence-corrected chi connectivity index (χ1v) is 7.36. The number of sulfonamides is 1. The number of nitrogens with one attached hydrogen (secondary N) is 1. The van der Waals surface area contributed by atoms with Gasteiger partial charge in [-0.2, -0.15) is 0 Å². The Morgan fingerprint density at radius 3 is 2.83 bits per heavy atom. The summed E-state index contributed by atoms with van der Waals surface area (Å²) in [6, 6.07) is 4.48. The predicted octanol–water partition coefficient (Wildman–Crippen LogP) is 0.317. The van der Waals surface area contributed by atoms with E-state index >= 15 is 0 Å². The van der Waals surface area contributed by atoms with E-state index in [2.05, 4.69) is 20.7 Å². The van der Waals surface area contributed by atoms with E-state index in [1.807, 2.05) is 0 Å². The fourth-order valence-corrected chi connectivity index (χ4v) is 3.33. The van der Waals surface area contributed by atoms with Crippen molar-refractivity contribution >= 4 is 31.6 Å². The van der Waals surface area contributed by atoms with Crippen molar-refractivity contribution in [1.29, 1.82) is 0 Å². The Hall–Kier alpha value is -0.670. The highest BCUT2D eigenvalue weighted by Crippen LogP contribution is 2.23. The summed E-state index contributed by atoms with van der Waals surface area (Å²) in [7, 11) is -2.30. The number of nitrogen functional groups attached to an aromatic ring is 1. The minimum Gasteiger partial charge on any atom is -0.399 e. The van der Waals surface area contributed by atoms with Crippen molar-refractivity contribution < 1.29 is 18.3 Å². The Morgan fingerprint density at radius 2 is 2.22 bits per heavy atom. The van der Waals surface area contributed by atoms with E-state index in [1.165, 1.54) is 13.2 Å². The third-order valence-electron chi connectivity index (χ3n) is 2.11. The summed E-state index contributed by atoms with van der Waals surface area (Å²) in [5, 5.41) is 9.39.